The number of amides is 2. The van der Waals surface area contributed by atoms with Gasteiger partial charge in [0.25, 0.3) is 0 Å². The first-order valence-electron chi connectivity index (χ1n) is 9.14. The number of carbonyl (C=O) groups is 2. The summed E-state index contributed by atoms with van der Waals surface area (Å²) in [5, 5.41) is 0.938. The molecule has 1 saturated heterocycles. The summed E-state index contributed by atoms with van der Waals surface area (Å²) in [4.78, 5) is 27.1. The van der Waals surface area contributed by atoms with Gasteiger partial charge in [0, 0.05) is 18.6 Å². The van der Waals surface area contributed by atoms with Crippen LogP contribution >= 0.6 is 23.2 Å². The lowest BCUT2D eigenvalue weighted by atomic mass is 9.80. The average Bonchev–Trinajstić information content (AvgIpc) is 3.26. The summed E-state index contributed by atoms with van der Waals surface area (Å²) in [5.74, 6) is -0.234. The van der Waals surface area contributed by atoms with Gasteiger partial charge in [0.05, 0.1) is 22.1 Å². The van der Waals surface area contributed by atoms with Crippen molar-refractivity contribution in [3.63, 3.8) is 0 Å². The van der Waals surface area contributed by atoms with Gasteiger partial charge in [-0.25, -0.2) is 9.69 Å². The number of hydrogen-bond donors (Lipinski definition) is 0. The molecule has 0 aromatic heterocycles. The zero-order chi connectivity index (χ0) is 20.0. The van der Waals surface area contributed by atoms with Crippen LogP contribution in [0.1, 0.15) is 46.1 Å². The van der Waals surface area contributed by atoms with Crippen LogP contribution in [0.15, 0.2) is 18.2 Å². The summed E-state index contributed by atoms with van der Waals surface area (Å²) in [6.45, 7) is 8.31. The number of fused-ring (bicyclic) bond motifs is 1. The minimum Gasteiger partial charge on any atom is -0.443 e. The highest BCUT2D eigenvalue weighted by Gasteiger charge is 2.75. The Bertz CT molecular complexity index is 776. The maximum Gasteiger partial charge on any atom is 0.417 e. The lowest BCUT2D eigenvalue weighted by Gasteiger charge is -2.37. The highest BCUT2D eigenvalue weighted by atomic mass is 35.5. The first-order valence-corrected chi connectivity index (χ1v) is 9.90. The normalized spacial score (nSPS) is 27.3. The van der Waals surface area contributed by atoms with Crippen molar-refractivity contribution in [2.45, 2.75) is 51.6 Å². The molecule has 2 aliphatic rings. The third-order valence-electron chi connectivity index (χ3n) is 5.45. The van der Waals surface area contributed by atoms with Crippen LogP contribution in [-0.4, -0.2) is 42.3 Å². The predicted molar refractivity (Wildman–Crippen MR) is 104 cm³/mol. The lowest BCUT2D eigenvalue weighted by molar-refractivity contribution is -0.142. The fraction of sp³-hybridized carbons (Fsp3) is 0.600. The van der Waals surface area contributed by atoms with Crippen LogP contribution in [-0.2, 0) is 19.7 Å². The number of piperidine rings is 1. The van der Waals surface area contributed by atoms with Crippen LogP contribution < -0.4 is 0 Å². The van der Waals surface area contributed by atoms with E-state index in [0.29, 0.717) is 36.0 Å². The molecule has 2 fully saturated rings. The van der Waals surface area contributed by atoms with E-state index in [9.17, 15) is 9.59 Å². The van der Waals surface area contributed by atoms with Gasteiger partial charge in [-0.1, -0.05) is 29.3 Å². The summed E-state index contributed by atoms with van der Waals surface area (Å²) in [7, 11) is 0. The molecule has 1 aromatic rings. The molecule has 2 unspecified atom stereocenters. The van der Waals surface area contributed by atoms with Crippen molar-refractivity contribution in [1.29, 1.82) is 0 Å². The van der Waals surface area contributed by atoms with E-state index in [0.717, 1.165) is 5.56 Å². The lowest BCUT2D eigenvalue weighted by Crippen LogP contribution is -2.52. The number of halogens is 2. The van der Waals surface area contributed by atoms with Gasteiger partial charge in [-0.3, -0.25) is 4.79 Å². The van der Waals surface area contributed by atoms with Crippen molar-refractivity contribution in [3.05, 3.63) is 33.8 Å². The smallest absolute Gasteiger partial charge is 0.417 e. The van der Waals surface area contributed by atoms with Gasteiger partial charge in [-0.15, -0.1) is 0 Å². The summed E-state index contributed by atoms with van der Waals surface area (Å²) < 4.78 is 11.1. The molecule has 2 amide bonds. The van der Waals surface area contributed by atoms with Crippen LogP contribution in [0.25, 0.3) is 0 Å². The first kappa shape index (κ1) is 20.4. The van der Waals surface area contributed by atoms with Crippen molar-refractivity contribution in [1.82, 2.24) is 4.90 Å². The largest absolute Gasteiger partial charge is 0.443 e. The monoisotopic (exact) mass is 413 g/mol. The van der Waals surface area contributed by atoms with Crippen molar-refractivity contribution in [2.24, 2.45) is 5.41 Å². The van der Waals surface area contributed by atoms with Crippen LogP contribution in [0.4, 0.5) is 4.79 Å². The number of nitrogens with zero attached hydrogens (tertiary/aromatic N) is 1. The Morgan fingerprint density at radius 1 is 1.26 bits per heavy atom. The fourth-order valence-electron chi connectivity index (χ4n) is 4.08. The van der Waals surface area contributed by atoms with E-state index in [1.165, 1.54) is 4.90 Å². The summed E-state index contributed by atoms with van der Waals surface area (Å²) in [5.41, 5.74) is -0.845. The quantitative estimate of drug-likeness (QED) is 0.709. The Kier molecular flexibility index (Phi) is 5.26. The van der Waals surface area contributed by atoms with Gasteiger partial charge in [-0.05, 0) is 58.2 Å². The first-order chi connectivity index (χ1) is 12.6. The molecule has 1 saturated carbocycles. The van der Waals surface area contributed by atoms with Gasteiger partial charge < -0.3 is 9.47 Å². The van der Waals surface area contributed by atoms with Crippen molar-refractivity contribution < 1.29 is 19.1 Å². The molecule has 148 valence electrons. The van der Waals surface area contributed by atoms with Gasteiger partial charge in [-0.2, -0.15) is 0 Å². The predicted octanol–water partition coefficient (Wildman–Crippen LogP) is 4.83. The highest BCUT2D eigenvalue weighted by molar-refractivity contribution is 6.42. The molecule has 2 atom stereocenters. The van der Waals surface area contributed by atoms with E-state index >= 15 is 0 Å². The maximum atomic E-state index is 13.3. The van der Waals surface area contributed by atoms with Crippen LogP contribution in [0.2, 0.25) is 10.0 Å². The van der Waals surface area contributed by atoms with Crippen molar-refractivity contribution in [3.8, 4) is 0 Å². The maximum absolute atomic E-state index is 13.3. The van der Waals surface area contributed by atoms with E-state index in [4.69, 9.17) is 32.7 Å². The Morgan fingerprint density at radius 3 is 2.56 bits per heavy atom. The average molecular weight is 414 g/mol. The second kappa shape index (κ2) is 6.94. The van der Waals surface area contributed by atoms with E-state index in [-0.39, 0.29) is 17.9 Å². The zero-order valence-electron chi connectivity index (χ0n) is 16.1. The Hall–Kier alpha value is -1.30. The molecule has 1 aliphatic carbocycles. The van der Waals surface area contributed by atoms with Gasteiger partial charge in [0.1, 0.15) is 5.60 Å². The SMILES string of the molecule is CCOCC12CC1(c1ccc(Cl)c(Cl)c1)CCN(C(=O)OC(C)(C)C)C2=O. The Labute approximate surface area is 169 Å². The fourth-order valence-corrected chi connectivity index (χ4v) is 4.37. The standard InChI is InChI=1S/C20H25Cl2NO4/c1-5-26-12-20-11-19(20,13-6-7-14(21)15(22)10-13)8-9-23(16(20)24)17(25)27-18(2,3)4/h6-7,10H,5,8-9,11-12H2,1-4H3. The number of ether oxygens (including phenoxy) is 2. The highest BCUT2D eigenvalue weighted by Crippen LogP contribution is 2.69. The molecule has 1 aromatic carbocycles. The third kappa shape index (κ3) is 3.45. The molecule has 0 spiro atoms. The van der Waals surface area contributed by atoms with E-state index in [2.05, 4.69) is 0 Å². The molecule has 1 aliphatic heterocycles. The van der Waals surface area contributed by atoms with Crippen LogP contribution in [0, 0.1) is 5.41 Å². The second-order valence-electron chi connectivity index (χ2n) is 8.29. The molecular formula is C20H25Cl2NO4. The molecule has 1 heterocycles. The van der Waals surface area contributed by atoms with Crippen LogP contribution in [0.3, 0.4) is 0 Å². The molecule has 7 heteroatoms. The number of hydrogen-bond acceptors (Lipinski definition) is 4. The second-order valence-corrected chi connectivity index (χ2v) is 9.11. The third-order valence-corrected chi connectivity index (χ3v) is 6.19. The summed E-state index contributed by atoms with van der Waals surface area (Å²) in [6.07, 6.45) is 0.664. The molecule has 27 heavy (non-hydrogen) atoms. The summed E-state index contributed by atoms with van der Waals surface area (Å²) in [6, 6.07) is 5.49. The molecule has 0 N–H and O–H groups in total. The van der Waals surface area contributed by atoms with Gasteiger partial charge in [0.2, 0.25) is 5.91 Å². The van der Waals surface area contributed by atoms with Gasteiger partial charge >= 0.3 is 6.09 Å². The Balaban J connectivity index is 1.93. The van der Waals surface area contributed by atoms with Crippen molar-refractivity contribution >= 4 is 35.2 Å². The molecule has 0 radical (unpaired) electrons. The number of likely N-dealkylation sites (tertiary alicyclic amines) is 1. The molecule has 0 bridgehead atoms. The van der Waals surface area contributed by atoms with E-state index in [1.807, 2.05) is 19.1 Å². The minimum absolute atomic E-state index is 0.234. The minimum atomic E-state index is -0.769. The number of rotatable bonds is 4. The topological polar surface area (TPSA) is 55.8 Å². The molecule has 3 rings (SSSR count). The van der Waals surface area contributed by atoms with Crippen LogP contribution in [0.5, 0.6) is 0 Å². The van der Waals surface area contributed by atoms with E-state index < -0.39 is 17.1 Å². The Morgan fingerprint density at radius 2 is 1.96 bits per heavy atom. The molecule has 5 nitrogen and oxygen atoms in total. The molecular weight excluding hydrogens is 389 g/mol. The number of imide groups is 1. The summed E-state index contributed by atoms with van der Waals surface area (Å²) >= 11 is 12.3. The number of carbonyl (C=O) groups excluding carboxylic acids is 2. The van der Waals surface area contributed by atoms with Gasteiger partial charge in [0.15, 0.2) is 0 Å². The number of benzene rings is 1. The zero-order valence-corrected chi connectivity index (χ0v) is 17.6. The van der Waals surface area contributed by atoms with E-state index in [1.54, 1.807) is 26.8 Å². The van der Waals surface area contributed by atoms with Crippen molar-refractivity contribution in [2.75, 3.05) is 19.8 Å².